The molecule has 84 valence electrons. The third-order valence-corrected chi connectivity index (χ3v) is 2.79. The van der Waals surface area contributed by atoms with Crippen LogP contribution in [-0.2, 0) is 7.05 Å². The molecule has 0 saturated heterocycles. The molecule has 0 atom stereocenters. The predicted molar refractivity (Wildman–Crippen MR) is 66.7 cm³/mol. The van der Waals surface area contributed by atoms with Crippen LogP contribution in [0, 0.1) is 5.92 Å². The van der Waals surface area contributed by atoms with Crippen molar-refractivity contribution >= 4 is 16.7 Å². The van der Waals surface area contributed by atoms with Gasteiger partial charge in [-0.3, -0.25) is 4.79 Å². The molecule has 0 saturated carbocycles. The SMILES string of the molecule is CC(C)CC(=O)c1cn(C)c2ccccc12. The van der Waals surface area contributed by atoms with Crippen LogP contribution in [0.2, 0.25) is 0 Å². The van der Waals surface area contributed by atoms with Crippen LogP contribution in [0.1, 0.15) is 30.6 Å². The number of benzene rings is 1. The number of aromatic nitrogens is 1. The highest BCUT2D eigenvalue weighted by molar-refractivity contribution is 6.08. The Balaban J connectivity index is 2.49. The van der Waals surface area contributed by atoms with Gasteiger partial charge in [0, 0.05) is 36.1 Å². The van der Waals surface area contributed by atoms with Crippen LogP contribution in [-0.4, -0.2) is 10.4 Å². The van der Waals surface area contributed by atoms with Gasteiger partial charge in [-0.25, -0.2) is 0 Å². The summed E-state index contributed by atoms with van der Waals surface area (Å²) in [5.41, 5.74) is 1.97. The topological polar surface area (TPSA) is 22.0 Å². The number of aryl methyl sites for hydroxylation is 1. The Morgan fingerprint density at radius 2 is 2.00 bits per heavy atom. The lowest BCUT2D eigenvalue weighted by Gasteiger charge is -2.02. The first-order valence-corrected chi connectivity index (χ1v) is 5.67. The van der Waals surface area contributed by atoms with Gasteiger partial charge in [-0.15, -0.1) is 0 Å². The van der Waals surface area contributed by atoms with Gasteiger partial charge in [-0.1, -0.05) is 32.0 Å². The molecule has 0 unspecified atom stereocenters. The van der Waals surface area contributed by atoms with Gasteiger partial charge in [0.25, 0.3) is 0 Å². The second-order valence-corrected chi connectivity index (χ2v) is 4.69. The standard InChI is InChI=1S/C14H17NO/c1-10(2)8-14(16)12-9-15(3)13-7-5-4-6-11(12)13/h4-7,9-10H,8H2,1-3H3. The molecule has 0 aliphatic heterocycles. The van der Waals surface area contributed by atoms with Crippen LogP contribution in [0.5, 0.6) is 0 Å². The zero-order chi connectivity index (χ0) is 11.7. The quantitative estimate of drug-likeness (QED) is 0.719. The van der Waals surface area contributed by atoms with E-state index in [0.717, 1.165) is 16.5 Å². The van der Waals surface area contributed by atoms with Crippen LogP contribution in [0.4, 0.5) is 0 Å². The second-order valence-electron chi connectivity index (χ2n) is 4.69. The van der Waals surface area contributed by atoms with Crippen molar-refractivity contribution in [3.05, 3.63) is 36.0 Å². The Kier molecular flexibility index (Phi) is 2.82. The summed E-state index contributed by atoms with van der Waals surface area (Å²) in [6.07, 6.45) is 2.56. The fourth-order valence-electron chi connectivity index (χ4n) is 2.04. The van der Waals surface area contributed by atoms with Crippen LogP contribution < -0.4 is 0 Å². The van der Waals surface area contributed by atoms with Gasteiger partial charge in [-0.2, -0.15) is 0 Å². The summed E-state index contributed by atoms with van der Waals surface area (Å²) in [4.78, 5) is 12.1. The first-order chi connectivity index (χ1) is 7.59. The fourth-order valence-corrected chi connectivity index (χ4v) is 2.04. The lowest BCUT2D eigenvalue weighted by Crippen LogP contribution is -2.02. The number of hydrogen-bond acceptors (Lipinski definition) is 1. The molecule has 1 aromatic carbocycles. The molecule has 0 N–H and O–H groups in total. The number of nitrogens with zero attached hydrogens (tertiary/aromatic N) is 1. The minimum atomic E-state index is 0.242. The summed E-state index contributed by atoms with van der Waals surface area (Å²) in [7, 11) is 1.98. The highest BCUT2D eigenvalue weighted by Crippen LogP contribution is 2.22. The molecular weight excluding hydrogens is 198 g/mol. The number of rotatable bonds is 3. The molecule has 2 aromatic rings. The molecule has 0 fully saturated rings. The molecule has 1 aromatic heterocycles. The van der Waals surface area contributed by atoms with E-state index < -0.39 is 0 Å². The second kappa shape index (κ2) is 4.12. The Morgan fingerprint density at radius 3 is 2.69 bits per heavy atom. The average Bonchev–Trinajstić information content (AvgIpc) is 2.56. The first kappa shape index (κ1) is 10.9. The Bertz CT molecular complexity index is 523. The van der Waals surface area contributed by atoms with Crippen molar-refractivity contribution in [2.45, 2.75) is 20.3 Å². The highest BCUT2D eigenvalue weighted by Gasteiger charge is 2.14. The summed E-state index contributed by atoms with van der Waals surface area (Å²) in [5, 5.41) is 1.07. The normalized spacial score (nSPS) is 11.2. The van der Waals surface area contributed by atoms with Gasteiger partial charge in [-0.05, 0) is 12.0 Å². The van der Waals surface area contributed by atoms with Crippen molar-refractivity contribution in [1.29, 1.82) is 0 Å². The van der Waals surface area contributed by atoms with Crippen molar-refractivity contribution in [3.8, 4) is 0 Å². The van der Waals surface area contributed by atoms with Crippen LogP contribution in [0.3, 0.4) is 0 Å². The van der Waals surface area contributed by atoms with Crippen LogP contribution in [0.25, 0.3) is 10.9 Å². The van der Waals surface area contributed by atoms with Crippen molar-refractivity contribution < 1.29 is 4.79 Å². The summed E-state index contributed by atoms with van der Waals surface area (Å²) in [6.45, 7) is 4.14. The zero-order valence-corrected chi connectivity index (χ0v) is 10.0. The van der Waals surface area contributed by atoms with Gasteiger partial charge in [0.2, 0.25) is 0 Å². The van der Waals surface area contributed by atoms with E-state index in [1.807, 2.05) is 42.1 Å². The molecule has 2 nitrogen and oxygen atoms in total. The number of ketones is 1. The Hall–Kier alpha value is -1.57. The van der Waals surface area contributed by atoms with Gasteiger partial charge in [0.1, 0.15) is 0 Å². The minimum Gasteiger partial charge on any atom is -0.350 e. The minimum absolute atomic E-state index is 0.242. The van der Waals surface area contributed by atoms with E-state index in [0.29, 0.717) is 12.3 Å². The van der Waals surface area contributed by atoms with E-state index in [9.17, 15) is 4.79 Å². The average molecular weight is 215 g/mol. The third kappa shape index (κ3) is 1.87. The van der Waals surface area contributed by atoms with E-state index in [1.54, 1.807) is 0 Å². The van der Waals surface area contributed by atoms with Gasteiger partial charge in [0.15, 0.2) is 5.78 Å². The lowest BCUT2D eigenvalue weighted by molar-refractivity contribution is 0.0969. The summed E-state index contributed by atoms with van der Waals surface area (Å²) in [5.74, 6) is 0.651. The zero-order valence-electron chi connectivity index (χ0n) is 10.0. The molecule has 2 rings (SSSR count). The molecule has 0 aliphatic rings. The van der Waals surface area contributed by atoms with Gasteiger partial charge < -0.3 is 4.57 Å². The Morgan fingerprint density at radius 1 is 1.31 bits per heavy atom. The monoisotopic (exact) mass is 215 g/mol. The number of carbonyl (C=O) groups excluding carboxylic acids is 1. The summed E-state index contributed by atoms with van der Waals surface area (Å²) in [6, 6.07) is 8.04. The van der Waals surface area contributed by atoms with Crippen molar-refractivity contribution in [1.82, 2.24) is 4.57 Å². The van der Waals surface area contributed by atoms with Gasteiger partial charge >= 0.3 is 0 Å². The van der Waals surface area contributed by atoms with E-state index >= 15 is 0 Å². The predicted octanol–water partition coefficient (Wildman–Crippen LogP) is 3.41. The van der Waals surface area contributed by atoms with Crippen molar-refractivity contribution in [2.24, 2.45) is 13.0 Å². The molecule has 0 bridgehead atoms. The number of carbonyl (C=O) groups is 1. The molecule has 0 radical (unpaired) electrons. The fraction of sp³-hybridized carbons (Fsp3) is 0.357. The lowest BCUT2D eigenvalue weighted by atomic mass is 10.0. The maximum atomic E-state index is 12.1. The van der Waals surface area contributed by atoms with Crippen molar-refractivity contribution in [2.75, 3.05) is 0 Å². The Labute approximate surface area is 95.9 Å². The highest BCUT2D eigenvalue weighted by atomic mass is 16.1. The molecule has 1 heterocycles. The van der Waals surface area contributed by atoms with E-state index in [4.69, 9.17) is 0 Å². The molecule has 16 heavy (non-hydrogen) atoms. The number of fused-ring (bicyclic) bond motifs is 1. The summed E-state index contributed by atoms with van der Waals surface area (Å²) < 4.78 is 2.02. The smallest absolute Gasteiger partial charge is 0.165 e. The van der Waals surface area contributed by atoms with Crippen LogP contribution >= 0.6 is 0 Å². The van der Waals surface area contributed by atoms with E-state index in [-0.39, 0.29) is 5.78 Å². The van der Waals surface area contributed by atoms with E-state index in [1.165, 1.54) is 0 Å². The number of para-hydroxylation sites is 1. The molecule has 2 heteroatoms. The largest absolute Gasteiger partial charge is 0.350 e. The van der Waals surface area contributed by atoms with Gasteiger partial charge in [0.05, 0.1) is 0 Å². The molecule has 0 spiro atoms. The number of hydrogen-bond donors (Lipinski definition) is 0. The maximum Gasteiger partial charge on any atom is 0.165 e. The molecule has 0 aliphatic carbocycles. The summed E-state index contributed by atoms with van der Waals surface area (Å²) >= 11 is 0. The maximum absolute atomic E-state index is 12.1. The molecule has 0 amide bonds. The third-order valence-electron chi connectivity index (χ3n) is 2.79. The van der Waals surface area contributed by atoms with Crippen LogP contribution in [0.15, 0.2) is 30.5 Å². The molecular formula is C14H17NO. The first-order valence-electron chi connectivity index (χ1n) is 5.67. The number of Topliss-reactive ketones (excluding diaryl/α,β-unsaturated/α-hetero) is 1. The van der Waals surface area contributed by atoms with Crippen molar-refractivity contribution in [3.63, 3.8) is 0 Å². The van der Waals surface area contributed by atoms with E-state index in [2.05, 4.69) is 13.8 Å².